The summed E-state index contributed by atoms with van der Waals surface area (Å²) >= 11 is 0. The van der Waals surface area contributed by atoms with Crippen molar-refractivity contribution in [2.24, 2.45) is 0 Å². The second kappa shape index (κ2) is 5.76. The summed E-state index contributed by atoms with van der Waals surface area (Å²) in [6.07, 6.45) is -2.51. The van der Waals surface area contributed by atoms with E-state index in [1.165, 1.54) is 6.20 Å². The summed E-state index contributed by atoms with van der Waals surface area (Å²) < 4.78 is 41.8. The number of halogens is 3. The highest BCUT2D eigenvalue weighted by Crippen LogP contribution is 2.38. The number of fused-ring (bicyclic) bond motifs is 1. The van der Waals surface area contributed by atoms with Gasteiger partial charge in [-0.3, -0.25) is 4.57 Å². The summed E-state index contributed by atoms with van der Waals surface area (Å²) in [4.78, 5) is 14.6. The van der Waals surface area contributed by atoms with Crippen molar-refractivity contribution >= 4 is 17.0 Å². The first-order chi connectivity index (χ1) is 12.8. The van der Waals surface area contributed by atoms with Crippen molar-refractivity contribution in [1.29, 1.82) is 0 Å². The number of nitrogens with one attached hydrogen (secondary N) is 1. The average Bonchev–Trinajstić information content (AvgIpc) is 3.16. The number of aromatic nitrogens is 7. The molecule has 4 aromatic heterocycles. The summed E-state index contributed by atoms with van der Waals surface area (Å²) in [5.74, 6) is 1.60. The Balaban J connectivity index is 1.90. The molecule has 27 heavy (non-hydrogen) atoms. The van der Waals surface area contributed by atoms with Gasteiger partial charge in [0.25, 0.3) is 0 Å². The number of hydrogen-bond acceptors (Lipinski definition) is 6. The van der Waals surface area contributed by atoms with E-state index in [1.54, 1.807) is 30.5 Å². The highest BCUT2D eigenvalue weighted by Gasteiger charge is 2.36. The molecule has 0 aliphatic heterocycles. The molecular formula is C16H13F3N8. The zero-order valence-electron chi connectivity index (χ0n) is 14.2. The first-order valence-electron chi connectivity index (χ1n) is 7.83. The number of anilines is 1. The van der Waals surface area contributed by atoms with Crippen LogP contribution in [0.2, 0.25) is 0 Å². The first-order valence-corrected chi connectivity index (χ1v) is 7.83. The van der Waals surface area contributed by atoms with Crippen LogP contribution in [0.4, 0.5) is 19.1 Å². The fourth-order valence-corrected chi connectivity index (χ4v) is 2.92. The maximum Gasteiger partial charge on any atom is 0.419 e. The largest absolute Gasteiger partial charge is 0.419 e. The molecule has 4 aromatic rings. The molecule has 0 aromatic carbocycles. The Bertz CT molecular complexity index is 1140. The molecule has 4 rings (SSSR count). The Morgan fingerprint density at radius 2 is 1.78 bits per heavy atom. The number of nitrogens with two attached hydrogens (primary N) is 1. The van der Waals surface area contributed by atoms with E-state index in [4.69, 9.17) is 5.73 Å². The molecule has 0 bridgehead atoms. The van der Waals surface area contributed by atoms with Gasteiger partial charge in [-0.1, -0.05) is 0 Å². The highest BCUT2D eigenvalue weighted by atomic mass is 19.4. The molecule has 0 aliphatic carbocycles. The number of nitrogens with zero attached hydrogens (tertiary/aromatic N) is 6. The van der Waals surface area contributed by atoms with Crippen LogP contribution in [0.1, 0.15) is 17.2 Å². The summed E-state index contributed by atoms with van der Waals surface area (Å²) in [6, 6.07) is 3.35. The van der Waals surface area contributed by atoms with Crippen LogP contribution in [0.3, 0.4) is 0 Å². The smallest absolute Gasteiger partial charge is 0.368 e. The molecule has 138 valence electrons. The van der Waals surface area contributed by atoms with Crippen molar-refractivity contribution in [2.45, 2.75) is 20.0 Å². The van der Waals surface area contributed by atoms with E-state index in [0.29, 0.717) is 34.7 Å². The van der Waals surface area contributed by atoms with E-state index in [-0.39, 0.29) is 17.2 Å². The molecule has 0 fully saturated rings. The zero-order valence-corrected chi connectivity index (χ0v) is 14.2. The van der Waals surface area contributed by atoms with E-state index in [9.17, 15) is 13.2 Å². The molecule has 0 amide bonds. The third-order valence-electron chi connectivity index (χ3n) is 4.11. The minimum atomic E-state index is -4.61. The van der Waals surface area contributed by atoms with Crippen LogP contribution in [-0.4, -0.2) is 34.7 Å². The maximum atomic E-state index is 13.3. The van der Waals surface area contributed by atoms with Crippen molar-refractivity contribution in [1.82, 2.24) is 34.7 Å². The summed E-state index contributed by atoms with van der Waals surface area (Å²) in [7, 11) is 0. The molecular weight excluding hydrogens is 361 g/mol. The quantitative estimate of drug-likeness (QED) is 0.558. The number of H-pyrrole nitrogens is 1. The number of pyridine rings is 1. The SMILES string of the molecule is Cc1nnc(C)n1-c1ccc2c(-c3nc(N)ncc3C(F)(F)F)c[nH]c2n1. The fourth-order valence-electron chi connectivity index (χ4n) is 2.92. The van der Waals surface area contributed by atoms with E-state index >= 15 is 0 Å². The fraction of sp³-hybridized carbons (Fsp3) is 0.188. The van der Waals surface area contributed by atoms with Gasteiger partial charge in [-0.15, -0.1) is 10.2 Å². The van der Waals surface area contributed by atoms with Gasteiger partial charge in [0.05, 0.1) is 5.69 Å². The van der Waals surface area contributed by atoms with Gasteiger partial charge < -0.3 is 10.7 Å². The number of nitrogen functional groups attached to an aromatic ring is 1. The lowest BCUT2D eigenvalue weighted by Gasteiger charge is -2.11. The van der Waals surface area contributed by atoms with Gasteiger partial charge in [0, 0.05) is 23.3 Å². The topological polar surface area (TPSA) is 111 Å². The monoisotopic (exact) mass is 374 g/mol. The standard InChI is InChI=1S/C16H13F3N8/c1-7-25-26-8(2)27(7)12-4-3-9-10(5-21-14(9)23-12)13-11(16(17,18)19)6-22-15(20)24-13/h3-6H,1-2H3,(H,21,23)(H2,20,22,24). The maximum absolute atomic E-state index is 13.3. The molecule has 4 heterocycles. The minimum Gasteiger partial charge on any atom is -0.368 e. The van der Waals surface area contributed by atoms with Crippen LogP contribution >= 0.6 is 0 Å². The molecule has 3 N–H and O–H groups in total. The molecule has 0 spiro atoms. The van der Waals surface area contributed by atoms with Crippen molar-refractivity contribution in [3.8, 4) is 17.1 Å². The van der Waals surface area contributed by atoms with Gasteiger partial charge in [0.1, 0.15) is 28.7 Å². The Morgan fingerprint density at radius 3 is 2.44 bits per heavy atom. The summed E-state index contributed by atoms with van der Waals surface area (Å²) in [5.41, 5.74) is 4.89. The van der Waals surface area contributed by atoms with E-state index in [1.807, 2.05) is 0 Å². The second-order valence-corrected chi connectivity index (χ2v) is 5.89. The number of aryl methyl sites for hydroxylation is 2. The van der Waals surface area contributed by atoms with Crippen molar-refractivity contribution in [3.63, 3.8) is 0 Å². The lowest BCUT2D eigenvalue weighted by Crippen LogP contribution is -2.11. The van der Waals surface area contributed by atoms with Crippen LogP contribution in [0.15, 0.2) is 24.5 Å². The van der Waals surface area contributed by atoms with Gasteiger partial charge in [-0.25, -0.2) is 15.0 Å². The second-order valence-electron chi connectivity index (χ2n) is 5.89. The van der Waals surface area contributed by atoms with Gasteiger partial charge in [-0.05, 0) is 26.0 Å². The summed E-state index contributed by atoms with van der Waals surface area (Å²) in [6.45, 7) is 3.57. The Morgan fingerprint density at radius 1 is 1.07 bits per heavy atom. The van der Waals surface area contributed by atoms with Crippen LogP contribution in [-0.2, 0) is 6.18 Å². The normalized spacial score (nSPS) is 12.0. The van der Waals surface area contributed by atoms with Crippen molar-refractivity contribution < 1.29 is 13.2 Å². The Kier molecular flexibility index (Phi) is 3.61. The predicted molar refractivity (Wildman–Crippen MR) is 90.9 cm³/mol. The predicted octanol–water partition coefficient (Wildman–Crippen LogP) is 2.82. The molecule has 0 saturated heterocycles. The molecule has 0 atom stereocenters. The van der Waals surface area contributed by atoms with Crippen LogP contribution < -0.4 is 5.73 Å². The van der Waals surface area contributed by atoms with Crippen LogP contribution in [0.25, 0.3) is 28.1 Å². The number of hydrogen-bond donors (Lipinski definition) is 2. The highest BCUT2D eigenvalue weighted by molar-refractivity contribution is 5.94. The van der Waals surface area contributed by atoms with Crippen LogP contribution in [0, 0.1) is 13.8 Å². The van der Waals surface area contributed by atoms with Gasteiger partial charge in [0.2, 0.25) is 5.95 Å². The van der Waals surface area contributed by atoms with Gasteiger partial charge in [0.15, 0.2) is 0 Å². The van der Waals surface area contributed by atoms with Crippen molar-refractivity contribution in [2.75, 3.05) is 5.73 Å². The molecule has 0 aliphatic rings. The molecule has 8 nitrogen and oxygen atoms in total. The number of aromatic amines is 1. The van der Waals surface area contributed by atoms with E-state index in [2.05, 4.69) is 30.1 Å². The van der Waals surface area contributed by atoms with E-state index < -0.39 is 11.7 Å². The molecule has 0 saturated carbocycles. The van der Waals surface area contributed by atoms with Crippen molar-refractivity contribution in [3.05, 3.63) is 41.7 Å². The third kappa shape index (κ3) is 2.76. The first kappa shape index (κ1) is 16.9. The molecule has 0 unspecified atom stereocenters. The Labute approximate surface area is 150 Å². The van der Waals surface area contributed by atoms with Gasteiger partial charge in [-0.2, -0.15) is 13.2 Å². The number of alkyl halides is 3. The Hall–Kier alpha value is -3.50. The minimum absolute atomic E-state index is 0.239. The molecule has 11 heteroatoms. The zero-order chi connectivity index (χ0) is 19.3. The average molecular weight is 374 g/mol. The number of rotatable bonds is 2. The van der Waals surface area contributed by atoms with E-state index in [0.717, 1.165) is 0 Å². The lowest BCUT2D eigenvalue weighted by atomic mass is 10.1. The van der Waals surface area contributed by atoms with Crippen LogP contribution in [0.5, 0.6) is 0 Å². The molecule has 0 radical (unpaired) electrons. The lowest BCUT2D eigenvalue weighted by molar-refractivity contribution is -0.137. The van der Waals surface area contributed by atoms with Gasteiger partial charge >= 0.3 is 6.18 Å². The summed E-state index contributed by atoms with van der Waals surface area (Å²) in [5, 5.41) is 8.44. The third-order valence-corrected chi connectivity index (χ3v) is 4.11.